The molecule has 0 bridgehead atoms. The van der Waals surface area contributed by atoms with Crippen molar-refractivity contribution in [1.82, 2.24) is 10.6 Å². The SMILES string of the molecule is CC(O)(CNC(=NCc1cccs1)NCCc1ccco1)c1ccco1. The second kappa shape index (κ2) is 8.73. The van der Waals surface area contributed by atoms with Crippen molar-refractivity contribution in [3.05, 3.63) is 70.7 Å². The Morgan fingerprint density at radius 2 is 2.00 bits per heavy atom. The molecule has 3 rings (SSSR count). The number of aliphatic hydroxyl groups is 1. The summed E-state index contributed by atoms with van der Waals surface area (Å²) in [6.07, 6.45) is 3.97. The average Bonchev–Trinajstić information content (AvgIpc) is 3.40. The highest BCUT2D eigenvalue weighted by Crippen LogP contribution is 2.19. The van der Waals surface area contributed by atoms with E-state index in [1.54, 1.807) is 42.9 Å². The first kappa shape index (κ1) is 18.3. The maximum Gasteiger partial charge on any atom is 0.191 e. The largest absolute Gasteiger partial charge is 0.469 e. The van der Waals surface area contributed by atoms with Crippen molar-refractivity contribution in [3.8, 4) is 0 Å². The predicted molar refractivity (Wildman–Crippen MR) is 102 cm³/mol. The lowest BCUT2D eigenvalue weighted by Crippen LogP contribution is -2.45. The van der Waals surface area contributed by atoms with Gasteiger partial charge in [-0.1, -0.05) is 6.07 Å². The summed E-state index contributed by atoms with van der Waals surface area (Å²) >= 11 is 1.67. The number of nitrogens with zero attached hydrogens (tertiary/aromatic N) is 1. The molecule has 0 aliphatic carbocycles. The maximum absolute atomic E-state index is 10.6. The monoisotopic (exact) mass is 373 g/mol. The number of rotatable bonds is 8. The van der Waals surface area contributed by atoms with Gasteiger partial charge in [-0.3, -0.25) is 0 Å². The molecule has 138 valence electrons. The number of thiophene rings is 1. The van der Waals surface area contributed by atoms with E-state index in [9.17, 15) is 5.11 Å². The molecule has 0 saturated heterocycles. The Hall–Kier alpha value is -2.51. The van der Waals surface area contributed by atoms with Crippen LogP contribution < -0.4 is 10.6 Å². The van der Waals surface area contributed by atoms with Crippen LogP contribution in [0.1, 0.15) is 23.3 Å². The third-order valence-corrected chi connectivity index (χ3v) is 4.73. The number of guanidine groups is 1. The number of nitrogens with one attached hydrogen (secondary N) is 2. The first-order valence-electron chi connectivity index (χ1n) is 8.47. The molecule has 3 heterocycles. The summed E-state index contributed by atoms with van der Waals surface area (Å²) < 4.78 is 10.7. The van der Waals surface area contributed by atoms with Gasteiger partial charge in [0.25, 0.3) is 0 Å². The predicted octanol–water partition coefficient (Wildman–Crippen LogP) is 3.12. The minimum absolute atomic E-state index is 0.275. The van der Waals surface area contributed by atoms with Crippen LogP contribution in [0.4, 0.5) is 0 Å². The molecule has 0 spiro atoms. The van der Waals surface area contributed by atoms with Gasteiger partial charge in [-0.2, -0.15) is 0 Å². The molecule has 0 radical (unpaired) electrons. The van der Waals surface area contributed by atoms with Gasteiger partial charge in [0, 0.05) is 17.8 Å². The molecule has 6 nitrogen and oxygen atoms in total. The van der Waals surface area contributed by atoms with E-state index in [0.29, 0.717) is 24.8 Å². The summed E-state index contributed by atoms with van der Waals surface area (Å²) in [7, 11) is 0. The van der Waals surface area contributed by atoms with Gasteiger partial charge >= 0.3 is 0 Å². The van der Waals surface area contributed by atoms with Crippen molar-refractivity contribution in [2.75, 3.05) is 13.1 Å². The highest BCUT2D eigenvalue weighted by atomic mass is 32.1. The van der Waals surface area contributed by atoms with Gasteiger partial charge < -0.3 is 24.6 Å². The lowest BCUT2D eigenvalue weighted by atomic mass is 10.0. The summed E-state index contributed by atoms with van der Waals surface area (Å²) in [6.45, 7) is 3.24. The smallest absolute Gasteiger partial charge is 0.191 e. The van der Waals surface area contributed by atoms with Crippen LogP contribution in [0.25, 0.3) is 0 Å². The minimum Gasteiger partial charge on any atom is -0.469 e. The van der Waals surface area contributed by atoms with Crippen LogP contribution in [0.3, 0.4) is 0 Å². The highest BCUT2D eigenvalue weighted by Gasteiger charge is 2.26. The Balaban J connectivity index is 1.58. The van der Waals surface area contributed by atoms with Crippen molar-refractivity contribution >= 4 is 17.3 Å². The Bertz CT molecular complexity index is 778. The molecule has 1 atom stereocenters. The van der Waals surface area contributed by atoms with Gasteiger partial charge in [-0.25, -0.2) is 4.99 Å². The summed E-state index contributed by atoms with van der Waals surface area (Å²) in [5.41, 5.74) is -1.13. The summed E-state index contributed by atoms with van der Waals surface area (Å²) in [6, 6.07) is 11.4. The zero-order chi connectivity index (χ0) is 18.2. The molecule has 0 aliphatic rings. The lowest BCUT2D eigenvalue weighted by Gasteiger charge is -2.22. The molecule has 0 amide bonds. The van der Waals surface area contributed by atoms with Crippen LogP contribution in [0.15, 0.2) is 68.1 Å². The fraction of sp³-hybridized carbons (Fsp3) is 0.316. The third-order valence-electron chi connectivity index (χ3n) is 3.87. The van der Waals surface area contributed by atoms with E-state index in [0.717, 1.165) is 12.2 Å². The molecule has 0 aromatic carbocycles. The Labute approximate surface area is 156 Å². The molecule has 7 heteroatoms. The number of furan rings is 2. The second-order valence-electron chi connectivity index (χ2n) is 6.11. The van der Waals surface area contributed by atoms with E-state index in [-0.39, 0.29) is 6.54 Å². The van der Waals surface area contributed by atoms with E-state index in [4.69, 9.17) is 8.83 Å². The van der Waals surface area contributed by atoms with Crippen molar-refractivity contribution in [3.63, 3.8) is 0 Å². The van der Waals surface area contributed by atoms with E-state index in [1.807, 2.05) is 29.6 Å². The van der Waals surface area contributed by atoms with Crippen LogP contribution in [-0.4, -0.2) is 24.2 Å². The van der Waals surface area contributed by atoms with E-state index in [2.05, 4.69) is 15.6 Å². The fourth-order valence-electron chi connectivity index (χ4n) is 2.42. The Morgan fingerprint density at radius 1 is 1.15 bits per heavy atom. The number of hydrogen-bond acceptors (Lipinski definition) is 5. The van der Waals surface area contributed by atoms with E-state index >= 15 is 0 Å². The molecule has 1 unspecified atom stereocenters. The van der Waals surface area contributed by atoms with Gasteiger partial charge in [0.05, 0.1) is 25.6 Å². The summed E-state index contributed by atoms with van der Waals surface area (Å²) in [5, 5.41) is 19.1. The second-order valence-corrected chi connectivity index (χ2v) is 7.14. The average molecular weight is 373 g/mol. The van der Waals surface area contributed by atoms with Gasteiger partial charge in [-0.15, -0.1) is 11.3 Å². The highest BCUT2D eigenvalue weighted by molar-refractivity contribution is 7.09. The first-order chi connectivity index (χ1) is 12.6. The van der Waals surface area contributed by atoms with Crippen LogP contribution in [0.2, 0.25) is 0 Å². The van der Waals surface area contributed by atoms with Crippen molar-refractivity contribution in [1.29, 1.82) is 0 Å². The third kappa shape index (κ3) is 5.24. The van der Waals surface area contributed by atoms with Gasteiger partial charge in [0.1, 0.15) is 17.1 Å². The zero-order valence-electron chi connectivity index (χ0n) is 14.6. The molecule has 3 aromatic heterocycles. The van der Waals surface area contributed by atoms with Gasteiger partial charge in [0.2, 0.25) is 0 Å². The molecule has 0 saturated carbocycles. The fourth-order valence-corrected chi connectivity index (χ4v) is 3.05. The molecular formula is C19H23N3O3S. The van der Waals surface area contributed by atoms with Crippen molar-refractivity contribution in [2.45, 2.75) is 25.5 Å². The first-order valence-corrected chi connectivity index (χ1v) is 9.35. The van der Waals surface area contributed by atoms with Crippen LogP contribution in [0, 0.1) is 0 Å². The quantitative estimate of drug-likeness (QED) is 0.417. The maximum atomic E-state index is 10.6. The zero-order valence-corrected chi connectivity index (χ0v) is 15.5. The standard InChI is InChI=1S/C19H23N3O3S/c1-19(23,17-7-3-11-25-17)14-22-18(21-13-16-6-4-12-26-16)20-9-8-15-5-2-10-24-15/h2-7,10-12,23H,8-9,13-14H2,1H3,(H2,20,21,22). The van der Waals surface area contributed by atoms with Crippen LogP contribution in [0.5, 0.6) is 0 Å². The van der Waals surface area contributed by atoms with Gasteiger partial charge in [0.15, 0.2) is 5.96 Å². The normalized spacial score (nSPS) is 14.2. The number of hydrogen-bond donors (Lipinski definition) is 3. The Kier molecular flexibility index (Phi) is 6.14. The van der Waals surface area contributed by atoms with Crippen LogP contribution >= 0.6 is 11.3 Å². The topological polar surface area (TPSA) is 82.9 Å². The van der Waals surface area contributed by atoms with Gasteiger partial charge in [-0.05, 0) is 42.6 Å². The lowest BCUT2D eigenvalue weighted by molar-refractivity contribution is 0.0386. The van der Waals surface area contributed by atoms with Crippen molar-refractivity contribution in [2.24, 2.45) is 4.99 Å². The minimum atomic E-state index is -1.13. The van der Waals surface area contributed by atoms with E-state index < -0.39 is 5.60 Å². The molecule has 26 heavy (non-hydrogen) atoms. The summed E-state index contributed by atoms with van der Waals surface area (Å²) in [4.78, 5) is 5.78. The summed E-state index contributed by atoms with van der Waals surface area (Å²) in [5.74, 6) is 2.06. The molecule has 3 aromatic rings. The number of aliphatic imine (C=N–C) groups is 1. The Morgan fingerprint density at radius 3 is 2.69 bits per heavy atom. The van der Waals surface area contributed by atoms with Crippen molar-refractivity contribution < 1.29 is 13.9 Å². The molecule has 3 N–H and O–H groups in total. The molecule has 0 aliphatic heterocycles. The van der Waals surface area contributed by atoms with Crippen LogP contribution in [-0.2, 0) is 18.6 Å². The van der Waals surface area contributed by atoms with E-state index in [1.165, 1.54) is 4.88 Å². The molecular weight excluding hydrogens is 350 g/mol. The molecule has 0 fully saturated rings.